The van der Waals surface area contributed by atoms with Crippen molar-refractivity contribution >= 4 is 39.6 Å². The van der Waals surface area contributed by atoms with Gasteiger partial charge in [0.15, 0.2) is 0 Å². The standard InChI is InChI=1S/C53H46N2/c1-35-14-8-9-17-43(35)37-22-28-41(29-23-37)55-51-21-13-11-19-46(51)48-34-47(36(2)32-52(48)55)38-24-26-40(27-25-38)54(39-15-6-5-7-16-39)42-30-31-45-44-18-10-12-20-49(44)53(3,4)50(45)33-42/h5-31,33-36,43H,32H2,1-4H3. The second-order valence-electron chi connectivity index (χ2n) is 16.3. The van der Waals surface area contributed by atoms with E-state index in [1.54, 1.807) is 0 Å². The lowest BCUT2D eigenvalue weighted by Gasteiger charge is -2.29. The van der Waals surface area contributed by atoms with E-state index < -0.39 is 0 Å². The summed E-state index contributed by atoms with van der Waals surface area (Å²) in [5, 5.41) is 1.31. The molecular weight excluding hydrogens is 665 g/mol. The average Bonchev–Trinajstić information content (AvgIpc) is 3.66. The second kappa shape index (κ2) is 13.0. The second-order valence-corrected chi connectivity index (χ2v) is 16.3. The number of nitrogens with zero attached hydrogens (tertiary/aromatic N) is 2. The number of para-hydroxylation sites is 2. The van der Waals surface area contributed by atoms with Crippen molar-refractivity contribution in [2.24, 2.45) is 11.8 Å². The molecular formula is C53H46N2. The highest BCUT2D eigenvalue weighted by Crippen LogP contribution is 2.51. The molecule has 3 unspecified atom stereocenters. The fourth-order valence-corrected chi connectivity index (χ4v) is 9.68. The summed E-state index contributed by atoms with van der Waals surface area (Å²) in [5.74, 6) is 1.29. The van der Waals surface area contributed by atoms with Crippen molar-refractivity contribution in [3.05, 3.63) is 203 Å². The van der Waals surface area contributed by atoms with Crippen molar-refractivity contribution in [1.29, 1.82) is 0 Å². The van der Waals surface area contributed by atoms with Crippen LogP contribution in [0.3, 0.4) is 0 Å². The first-order chi connectivity index (χ1) is 26.9. The van der Waals surface area contributed by atoms with Crippen LogP contribution in [0, 0.1) is 11.8 Å². The lowest BCUT2D eigenvalue weighted by molar-refractivity contribution is 0.635. The van der Waals surface area contributed by atoms with E-state index in [9.17, 15) is 0 Å². The third-order valence-electron chi connectivity index (χ3n) is 12.6. The van der Waals surface area contributed by atoms with Crippen LogP contribution in [-0.4, -0.2) is 4.57 Å². The zero-order valence-electron chi connectivity index (χ0n) is 32.1. The van der Waals surface area contributed by atoms with E-state index in [0.29, 0.717) is 17.8 Å². The SMILES string of the molecule is CC1Cc2c(c3ccccc3n2-c2ccc(C3C=CC=CC3C)cc2)C=C1c1ccc(N(c2ccccc2)c2ccc3c(c2)C(C)(C)c2ccccc2-3)cc1. The van der Waals surface area contributed by atoms with Crippen LogP contribution < -0.4 is 4.90 Å². The highest BCUT2D eigenvalue weighted by atomic mass is 15.1. The summed E-state index contributed by atoms with van der Waals surface area (Å²) in [6, 6.07) is 54.2. The zero-order chi connectivity index (χ0) is 37.3. The Labute approximate surface area is 325 Å². The molecule has 0 aliphatic heterocycles. The van der Waals surface area contributed by atoms with Gasteiger partial charge in [0.25, 0.3) is 0 Å². The molecule has 0 N–H and O–H groups in total. The summed E-state index contributed by atoms with van der Waals surface area (Å²) in [4.78, 5) is 2.40. The molecule has 0 saturated carbocycles. The largest absolute Gasteiger partial charge is 0.313 e. The van der Waals surface area contributed by atoms with Crippen LogP contribution in [0.2, 0.25) is 0 Å². The van der Waals surface area contributed by atoms with Crippen molar-refractivity contribution in [3.8, 4) is 16.8 Å². The quantitative estimate of drug-likeness (QED) is 0.167. The highest BCUT2D eigenvalue weighted by Gasteiger charge is 2.36. The van der Waals surface area contributed by atoms with Crippen molar-refractivity contribution in [2.45, 2.75) is 45.4 Å². The Balaban J connectivity index is 1.01. The first-order valence-corrected chi connectivity index (χ1v) is 19.9. The van der Waals surface area contributed by atoms with Gasteiger partial charge in [0.1, 0.15) is 0 Å². The Bertz CT molecular complexity index is 2670. The van der Waals surface area contributed by atoms with Gasteiger partial charge in [0.2, 0.25) is 0 Å². The van der Waals surface area contributed by atoms with Gasteiger partial charge in [-0.25, -0.2) is 0 Å². The van der Waals surface area contributed by atoms with Crippen molar-refractivity contribution < 1.29 is 0 Å². The molecule has 2 nitrogen and oxygen atoms in total. The van der Waals surface area contributed by atoms with Gasteiger partial charge in [-0.05, 0) is 118 Å². The predicted octanol–water partition coefficient (Wildman–Crippen LogP) is 14.0. The van der Waals surface area contributed by atoms with E-state index in [0.717, 1.165) is 17.8 Å². The zero-order valence-corrected chi connectivity index (χ0v) is 32.1. The van der Waals surface area contributed by atoms with Crippen LogP contribution in [0.4, 0.5) is 17.1 Å². The van der Waals surface area contributed by atoms with Crippen LogP contribution in [0.25, 0.3) is 39.4 Å². The Morgan fingerprint density at radius 1 is 0.618 bits per heavy atom. The topological polar surface area (TPSA) is 8.17 Å². The van der Waals surface area contributed by atoms with E-state index in [1.165, 1.54) is 72.5 Å². The molecule has 3 aliphatic rings. The fourth-order valence-electron chi connectivity index (χ4n) is 9.68. The van der Waals surface area contributed by atoms with Gasteiger partial charge in [-0.3, -0.25) is 0 Å². The van der Waals surface area contributed by atoms with E-state index in [4.69, 9.17) is 0 Å². The van der Waals surface area contributed by atoms with Crippen LogP contribution >= 0.6 is 0 Å². The maximum absolute atomic E-state index is 2.51. The van der Waals surface area contributed by atoms with E-state index in [2.05, 4.69) is 213 Å². The van der Waals surface area contributed by atoms with Gasteiger partial charge in [0.05, 0.1) is 5.52 Å². The number of allylic oxidation sites excluding steroid dienone is 5. The lowest BCUT2D eigenvalue weighted by atomic mass is 9.82. The lowest BCUT2D eigenvalue weighted by Crippen LogP contribution is -2.16. The fraction of sp³-hybridized carbons (Fsp3) is 0.170. The summed E-state index contributed by atoms with van der Waals surface area (Å²) in [6.07, 6.45) is 12.4. The minimum absolute atomic E-state index is 0.0633. The molecule has 0 fully saturated rings. The minimum Gasteiger partial charge on any atom is -0.313 e. The first-order valence-electron chi connectivity index (χ1n) is 19.9. The highest BCUT2D eigenvalue weighted by molar-refractivity contribution is 5.99. The molecule has 0 radical (unpaired) electrons. The number of rotatable bonds is 6. The smallest absolute Gasteiger partial charge is 0.0537 e. The number of anilines is 3. The molecule has 0 amide bonds. The third kappa shape index (κ3) is 5.46. The van der Waals surface area contributed by atoms with Crippen LogP contribution in [-0.2, 0) is 11.8 Å². The average molecular weight is 711 g/mol. The summed E-state index contributed by atoms with van der Waals surface area (Å²) < 4.78 is 2.51. The Morgan fingerprint density at radius 2 is 1.29 bits per heavy atom. The molecule has 1 heterocycles. The van der Waals surface area contributed by atoms with Crippen LogP contribution in [0.1, 0.15) is 67.1 Å². The van der Waals surface area contributed by atoms with Crippen molar-refractivity contribution in [2.75, 3.05) is 4.90 Å². The number of aromatic nitrogens is 1. The maximum Gasteiger partial charge on any atom is 0.0537 e. The molecule has 55 heavy (non-hydrogen) atoms. The normalized spacial score (nSPS) is 19.1. The Kier molecular flexibility index (Phi) is 7.92. The summed E-state index contributed by atoms with van der Waals surface area (Å²) in [5.41, 5.74) is 18.2. The van der Waals surface area contributed by atoms with Gasteiger partial charge in [-0.15, -0.1) is 0 Å². The van der Waals surface area contributed by atoms with Crippen molar-refractivity contribution in [1.82, 2.24) is 4.57 Å². The molecule has 2 heteroatoms. The predicted molar refractivity (Wildman–Crippen MR) is 233 cm³/mol. The molecule has 0 spiro atoms. The third-order valence-corrected chi connectivity index (χ3v) is 12.6. The van der Waals surface area contributed by atoms with E-state index in [1.807, 2.05) is 0 Å². The van der Waals surface area contributed by atoms with Crippen LogP contribution in [0.15, 0.2) is 170 Å². The van der Waals surface area contributed by atoms with Gasteiger partial charge < -0.3 is 9.47 Å². The molecule has 6 aromatic carbocycles. The molecule has 0 bridgehead atoms. The monoisotopic (exact) mass is 710 g/mol. The molecule has 1 aromatic heterocycles. The summed E-state index contributed by atoms with van der Waals surface area (Å²) >= 11 is 0. The van der Waals surface area contributed by atoms with Crippen molar-refractivity contribution in [3.63, 3.8) is 0 Å². The van der Waals surface area contributed by atoms with E-state index >= 15 is 0 Å². The molecule has 268 valence electrons. The minimum atomic E-state index is -0.0633. The molecule has 0 saturated heterocycles. The Hall–Kier alpha value is -6.12. The summed E-state index contributed by atoms with van der Waals surface area (Å²) in [6.45, 7) is 9.41. The molecule has 3 aliphatic carbocycles. The number of hydrogen-bond acceptors (Lipinski definition) is 1. The number of fused-ring (bicyclic) bond motifs is 6. The van der Waals surface area contributed by atoms with Gasteiger partial charge in [-0.1, -0.05) is 143 Å². The molecule has 10 rings (SSSR count). The summed E-state index contributed by atoms with van der Waals surface area (Å²) in [7, 11) is 0. The van der Waals surface area contributed by atoms with Gasteiger partial charge >= 0.3 is 0 Å². The number of hydrogen-bond donors (Lipinski definition) is 0. The molecule has 3 atom stereocenters. The van der Waals surface area contributed by atoms with Crippen LogP contribution in [0.5, 0.6) is 0 Å². The number of benzene rings is 6. The molecule has 7 aromatic rings. The first kappa shape index (κ1) is 33.4. The Morgan fingerprint density at radius 3 is 2.09 bits per heavy atom. The van der Waals surface area contributed by atoms with Gasteiger partial charge in [-0.2, -0.15) is 0 Å². The maximum atomic E-state index is 2.51. The van der Waals surface area contributed by atoms with E-state index in [-0.39, 0.29) is 5.41 Å². The van der Waals surface area contributed by atoms with Gasteiger partial charge in [0, 0.05) is 50.7 Å².